The van der Waals surface area contributed by atoms with Gasteiger partial charge < -0.3 is 21.9 Å². The number of nitrogens with zero attached hydrogens (tertiary/aromatic N) is 2. The van der Waals surface area contributed by atoms with Crippen molar-refractivity contribution in [3.05, 3.63) is 21.6 Å². The van der Waals surface area contributed by atoms with Crippen LogP contribution in [0.5, 0.6) is 5.75 Å². The number of guanidine groups is 2. The third kappa shape index (κ3) is 4.08. The van der Waals surface area contributed by atoms with Gasteiger partial charge in [-0.3, -0.25) is 0 Å². The Kier molecular flexibility index (Phi) is 5.24. The summed E-state index contributed by atoms with van der Waals surface area (Å²) in [6, 6.07) is 3.30. The van der Waals surface area contributed by atoms with Gasteiger partial charge in [0.2, 0.25) is 5.96 Å². The minimum Gasteiger partial charge on any atom is -0.491 e. The zero-order valence-corrected chi connectivity index (χ0v) is 12.0. The highest BCUT2D eigenvalue weighted by atomic mass is 79.9. The fraction of sp³-hybridized carbons (Fsp3) is 0.200. The maximum atomic E-state index is 6.05. The molecule has 0 aliphatic carbocycles. The van der Waals surface area contributed by atoms with E-state index < -0.39 is 0 Å². The van der Waals surface area contributed by atoms with Crippen molar-refractivity contribution in [2.75, 3.05) is 6.61 Å². The summed E-state index contributed by atoms with van der Waals surface area (Å²) < 4.78 is 6.04. The Hall–Kier alpha value is -1.47. The molecule has 0 saturated heterocycles. The Morgan fingerprint density at radius 1 is 1.39 bits per heavy atom. The Balaban J connectivity index is 3.10. The first-order chi connectivity index (χ1) is 8.43. The summed E-state index contributed by atoms with van der Waals surface area (Å²) >= 11 is 9.39. The molecule has 0 fully saturated rings. The van der Waals surface area contributed by atoms with Crippen LogP contribution in [0.4, 0.5) is 5.69 Å². The molecule has 0 aromatic heterocycles. The van der Waals surface area contributed by atoms with E-state index in [-0.39, 0.29) is 11.9 Å². The predicted molar refractivity (Wildman–Crippen MR) is 77.4 cm³/mol. The fourth-order valence-corrected chi connectivity index (χ4v) is 2.13. The second kappa shape index (κ2) is 6.46. The van der Waals surface area contributed by atoms with E-state index in [0.29, 0.717) is 27.5 Å². The van der Waals surface area contributed by atoms with E-state index in [1.54, 1.807) is 12.1 Å². The number of benzene rings is 1. The summed E-state index contributed by atoms with van der Waals surface area (Å²) in [5.41, 5.74) is 16.4. The largest absolute Gasteiger partial charge is 0.491 e. The molecule has 0 aliphatic heterocycles. The molecular formula is C10H13BrClN5O. The van der Waals surface area contributed by atoms with Gasteiger partial charge in [0, 0.05) is 0 Å². The Labute approximate surface area is 118 Å². The van der Waals surface area contributed by atoms with E-state index in [0.717, 1.165) is 0 Å². The van der Waals surface area contributed by atoms with Gasteiger partial charge in [0.1, 0.15) is 0 Å². The van der Waals surface area contributed by atoms with Crippen molar-refractivity contribution in [2.45, 2.75) is 6.92 Å². The lowest BCUT2D eigenvalue weighted by Gasteiger charge is -2.08. The average molecular weight is 335 g/mol. The van der Waals surface area contributed by atoms with E-state index in [1.165, 1.54) is 0 Å². The van der Waals surface area contributed by atoms with Gasteiger partial charge in [-0.05, 0) is 35.0 Å². The molecule has 0 unspecified atom stereocenters. The lowest BCUT2D eigenvalue weighted by molar-refractivity contribution is 0.338. The van der Waals surface area contributed by atoms with E-state index in [1.807, 2.05) is 6.92 Å². The molecule has 1 aromatic rings. The van der Waals surface area contributed by atoms with Gasteiger partial charge in [-0.15, -0.1) is 0 Å². The third-order valence-electron chi connectivity index (χ3n) is 1.76. The monoisotopic (exact) mass is 333 g/mol. The Morgan fingerprint density at radius 2 is 2.06 bits per heavy atom. The summed E-state index contributed by atoms with van der Waals surface area (Å²) in [6.45, 7) is 2.38. The van der Waals surface area contributed by atoms with Crippen LogP contribution in [0.25, 0.3) is 0 Å². The van der Waals surface area contributed by atoms with Gasteiger partial charge in [-0.1, -0.05) is 11.6 Å². The van der Waals surface area contributed by atoms with Crippen LogP contribution in [-0.4, -0.2) is 18.5 Å². The summed E-state index contributed by atoms with van der Waals surface area (Å²) in [7, 11) is 0. The number of aliphatic imine (C=N–C) groups is 2. The number of hydrogen-bond acceptors (Lipinski definition) is 2. The molecule has 6 N–H and O–H groups in total. The highest BCUT2D eigenvalue weighted by Crippen LogP contribution is 2.37. The molecule has 6 nitrogen and oxygen atoms in total. The fourth-order valence-electron chi connectivity index (χ4n) is 1.18. The smallest absolute Gasteiger partial charge is 0.223 e. The van der Waals surface area contributed by atoms with Crippen molar-refractivity contribution >= 4 is 45.1 Å². The van der Waals surface area contributed by atoms with Gasteiger partial charge in [-0.25, -0.2) is 4.99 Å². The number of hydrogen-bond donors (Lipinski definition) is 3. The van der Waals surface area contributed by atoms with Crippen molar-refractivity contribution in [1.29, 1.82) is 0 Å². The lowest BCUT2D eigenvalue weighted by atomic mass is 10.3. The topological polar surface area (TPSA) is 112 Å². The molecule has 18 heavy (non-hydrogen) atoms. The first-order valence-corrected chi connectivity index (χ1v) is 6.16. The summed E-state index contributed by atoms with van der Waals surface area (Å²) in [5.74, 6) is 0.341. The molecule has 0 spiro atoms. The van der Waals surface area contributed by atoms with Crippen molar-refractivity contribution in [1.82, 2.24) is 0 Å². The second-order valence-corrected chi connectivity index (χ2v) is 4.44. The molecule has 0 atom stereocenters. The van der Waals surface area contributed by atoms with Crippen LogP contribution in [0.3, 0.4) is 0 Å². The average Bonchev–Trinajstić information content (AvgIpc) is 2.22. The van der Waals surface area contributed by atoms with Crippen LogP contribution >= 0.6 is 27.5 Å². The van der Waals surface area contributed by atoms with Crippen LogP contribution in [0.15, 0.2) is 26.6 Å². The van der Waals surface area contributed by atoms with Crippen molar-refractivity contribution in [3.63, 3.8) is 0 Å². The molecule has 8 heteroatoms. The number of halogens is 2. The molecule has 98 valence electrons. The number of rotatable bonds is 3. The van der Waals surface area contributed by atoms with E-state index in [4.69, 9.17) is 33.5 Å². The van der Waals surface area contributed by atoms with Gasteiger partial charge in [0.25, 0.3) is 0 Å². The molecule has 0 radical (unpaired) electrons. The zero-order valence-electron chi connectivity index (χ0n) is 9.65. The minimum absolute atomic E-state index is 0.0536. The normalized spacial score (nSPS) is 11.2. The maximum Gasteiger partial charge on any atom is 0.223 e. The first-order valence-electron chi connectivity index (χ1n) is 4.99. The van der Waals surface area contributed by atoms with E-state index >= 15 is 0 Å². The summed E-state index contributed by atoms with van der Waals surface area (Å²) in [4.78, 5) is 7.60. The molecular weight excluding hydrogens is 322 g/mol. The molecule has 0 saturated carbocycles. The van der Waals surface area contributed by atoms with Crippen LogP contribution < -0.4 is 21.9 Å². The number of ether oxygens (including phenoxy) is 1. The minimum atomic E-state index is -0.160. The van der Waals surface area contributed by atoms with Crippen LogP contribution in [0, 0.1) is 0 Å². The van der Waals surface area contributed by atoms with Gasteiger partial charge in [0.05, 0.1) is 21.8 Å². The Bertz CT molecular complexity index is 476. The molecule has 1 aromatic carbocycles. The maximum absolute atomic E-state index is 6.05. The highest BCUT2D eigenvalue weighted by molar-refractivity contribution is 9.10. The van der Waals surface area contributed by atoms with Crippen LogP contribution in [0.2, 0.25) is 5.02 Å². The zero-order chi connectivity index (χ0) is 13.7. The SMILES string of the molecule is CCOc1c(Cl)cc(N=C(N)N=C(N)N)cc1Br. The van der Waals surface area contributed by atoms with E-state index in [9.17, 15) is 0 Å². The summed E-state index contributed by atoms with van der Waals surface area (Å²) in [6.07, 6.45) is 0. The molecule has 0 heterocycles. The lowest BCUT2D eigenvalue weighted by Crippen LogP contribution is -2.26. The Morgan fingerprint density at radius 3 is 2.56 bits per heavy atom. The molecule has 1 rings (SSSR count). The second-order valence-electron chi connectivity index (χ2n) is 3.18. The molecule has 0 bridgehead atoms. The molecule has 0 aliphatic rings. The van der Waals surface area contributed by atoms with E-state index in [2.05, 4.69) is 25.9 Å². The van der Waals surface area contributed by atoms with Gasteiger partial charge >= 0.3 is 0 Å². The van der Waals surface area contributed by atoms with Crippen LogP contribution in [-0.2, 0) is 0 Å². The standard InChI is InChI=1S/C10H13BrClN5O/c1-2-18-8-6(11)3-5(4-7(8)12)16-10(15)17-9(13)14/h3-4H,2H2,1H3,(H6,13,14,15,16,17). The van der Waals surface area contributed by atoms with Gasteiger partial charge in [0.15, 0.2) is 11.7 Å². The predicted octanol–water partition coefficient (Wildman–Crippen LogP) is 1.72. The quantitative estimate of drug-likeness (QED) is 0.577. The third-order valence-corrected chi connectivity index (χ3v) is 2.63. The first kappa shape index (κ1) is 14.6. The summed E-state index contributed by atoms with van der Waals surface area (Å²) in [5, 5.41) is 0.419. The van der Waals surface area contributed by atoms with Crippen molar-refractivity contribution < 1.29 is 4.74 Å². The molecule has 0 amide bonds. The van der Waals surface area contributed by atoms with Crippen molar-refractivity contribution in [3.8, 4) is 5.75 Å². The van der Waals surface area contributed by atoms with Crippen molar-refractivity contribution in [2.24, 2.45) is 27.2 Å². The highest BCUT2D eigenvalue weighted by Gasteiger charge is 2.08. The van der Waals surface area contributed by atoms with Gasteiger partial charge in [-0.2, -0.15) is 4.99 Å². The number of nitrogens with two attached hydrogens (primary N) is 3. The van der Waals surface area contributed by atoms with Crippen LogP contribution in [0.1, 0.15) is 6.92 Å².